The number of carboxylic acids is 1. The fourth-order valence-electron chi connectivity index (χ4n) is 2.89. The Kier molecular flexibility index (Phi) is 4.11. The zero-order valence-electron chi connectivity index (χ0n) is 12.0. The van der Waals surface area contributed by atoms with E-state index >= 15 is 0 Å². The summed E-state index contributed by atoms with van der Waals surface area (Å²) in [6, 6.07) is 0. The molecule has 1 saturated carbocycles. The number of aryl methyl sites for hydroxylation is 2. The van der Waals surface area contributed by atoms with Gasteiger partial charge in [-0.3, -0.25) is 9.89 Å². The van der Waals surface area contributed by atoms with Gasteiger partial charge in [-0.15, -0.1) is 0 Å². The van der Waals surface area contributed by atoms with Gasteiger partial charge in [0.1, 0.15) is 5.54 Å². The highest BCUT2D eigenvalue weighted by molar-refractivity contribution is 5.99. The number of carbonyl (C=O) groups is 2. The topological polar surface area (TPSA) is 95.1 Å². The first-order valence-corrected chi connectivity index (χ1v) is 7.04. The van der Waals surface area contributed by atoms with Crippen molar-refractivity contribution in [3.63, 3.8) is 0 Å². The molecule has 0 radical (unpaired) electrons. The lowest BCUT2D eigenvalue weighted by atomic mass is 9.89. The lowest BCUT2D eigenvalue weighted by molar-refractivity contribution is -0.145. The van der Waals surface area contributed by atoms with E-state index in [2.05, 4.69) is 15.5 Å². The maximum Gasteiger partial charge on any atom is 0.329 e. The molecule has 6 nitrogen and oxygen atoms in total. The summed E-state index contributed by atoms with van der Waals surface area (Å²) in [5.41, 5.74) is 0.571. The van der Waals surface area contributed by atoms with Crippen molar-refractivity contribution >= 4 is 11.9 Å². The molecular weight excluding hydrogens is 258 g/mol. The van der Waals surface area contributed by atoms with E-state index in [-0.39, 0.29) is 5.91 Å². The Morgan fingerprint density at radius 3 is 2.25 bits per heavy atom. The number of aromatic nitrogens is 2. The van der Waals surface area contributed by atoms with Gasteiger partial charge in [-0.05, 0) is 26.7 Å². The van der Waals surface area contributed by atoms with E-state index in [1.807, 2.05) is 0 Å². The van der Waals surface area contributed by atoms with Crippen molar-refractivity contribution in [3.05, 3.63) is 17.0 Å². The monoisotopic (exact) mass is 279 g/mol. The number of carboxylic acid groups (broad SMARTS) is 1. The number of aromatic amines is 1. The molecule has 1 fully saturated rings. The summed E-state index contributed by atoms with van der Waals surface area (Å²) < 4.78 is 0. The summed E-state index contributed by atoms with van der Waals surface area (Å²) >= 11 is 0. The third kappa shape index (κ3) is 2.69. The molecule has 1 aliphatic rings. The smallest absolute Gasteiger partial charge is 0.329 e. The summed E-state index contributed by atoms with van der Waals surface area (Å²) in [4.78, 5) is 24.1. The predicted octanol–water partition coefficient (Wildman–Crippen LogP) is 1.93. The molecule has 0 spiro atoms. The standard InChI is InChI=1S/C14H21N3O3/c1-9-11(10(2)17-16-9)12(18)15-14(13(19)20)7-5-3-4-6-8-14/h3-8H2,1-2H3,(H,15,18)(H,16,17)(H,19,20). The Labute approximate surface area is 118 Å². The Hall–Kier alpha value is -1.85. The van der Waals surface area contributed by atoms with Crippen molar-refractivity contribution in [1.82, 2.24) is 15.5 Å². The first kappa shape index (κ1) is 14.6. The van der Waals surface area contributed by atoms with Crippen molar-refractivity contribution in [2.45, 2.75) is 57.9 Å². The van der Waals surface area contributed by atoms with Gasteiger partial charge >= 0.3 is 5.97 Å². The normalized spacial score (nSPS) is 18.3. The van der Waals surface area contributed by atoms with E-state index in [0.29, 0.717) is 29.8 Å². The minimum Gasteiger partial charge on any atom is -0.480 e. The van der Waals surface area contributed by atoms with E-state index in [4.69, 9.17) is 0 Å². The van der Waals surface area contributed by atoms with E-state index in [0.717, 1.165) is 25.7 Å². The molecule has 0 aromatic carbocycles. The molecule has 0 atom stereocenters. The summed E-state index contributed by atoms with van der Waals surface area (Å²) in [6.45, 7) is 3.49. The van der Waals surface area contributed by atoms with Crippen LogP contribution in [-0.2, 0) is 4.79 Å². The SMILES string of the molecule is Cc1n[nH]c(C)c1C(=O)NC1(C(=O)O)CCCCCC1. The van der Waals surface area contributed by atoms with Gasteiger partial charge in [0.05, 0.1) is 11.3 Å². The van der Waals surface area contributed by atoms with Crippen LogP contribution in [0.15, 0.2) is 0 Å². The molecule has 0 aliphatic heterocycles. The zero-order chi connectivity index (χ0) is 14.8. The van der Waals surface area contributed by atoms with Crippen molar-refractivity contribution in [1.29, 1.82) is 0 Å². The second-order valence-electron chi connectivity index (χ2n) is 5.56. The van der Waals surface area contributed by atoms with Crippen LogP contribution >= 0.6 is 0 Å². The molecule has 1 heterocycles. The van der Waals surface area contributed by atoms with Gasteiger partial charge in [0.25, 0.3) is 5.91 Å². The maximum atomic E-state index is 12.4. The van der Waals surface area contributed by atoms with Crippen LogP contribution in [0.3, 0.4) is 0 Å². The molecule has 1 aromatic rings. The maximum absolute atomic E-state index is 12.4. The Balaban J connectivity index is 2.24. The van der Waals surface area contributed by atoms with E-state index < -0.39 is 11.5 Å². The number of carbonyl (C=O) groups excluding carboxylic acids is 1. The van der Waals surface area contributed by atoms with E-state index in [1.54, 1.807) is 13.8 Å². The number of nitrogens with one attached hydrogen (secondary N) is 2. The van der Waals surface area contributed by atoms with Crippen LogP contribution in [0.2, 0.25) is 0 Å². The minimum absolute atomic E-state index is 0.349. The lowest BCUT2D eigenvalue weighted by Gasteiger charge is -2.29. The van der Waals surface area contributed by atoms with Crippen molar-refractivity contribution in [3.8, 4) is 0 Å². The van der Waals surface area contributed by atoms with Gasteiger partial charge in [-0.25, -0.2) is 4.79 Å². The molecule has 1 aromatic heterocycles. The molecular formula is C14H21N3O3. The third-order valence-electron chi connectivity index (χ3n) is 4.07. The van der Waals surface area contributed by atoms with Crippen LogP contribution in [0.5, 0.6) is 0 Å². The average Bonchev–Trinajstić information content (AvgIpc) is 2.61. The molecule has 0 bridgehead atoms. The molecule has 110 valence electrons. The highest BCUT2D eigenvalue weighted by Gasteiger charge is 2.40. The summed E-state index contributed by atoms with van der Waals surface area (Å²) in [7, 11) is 0. The van der Waals surface area contributed by atoms with Gasteiger partial charge in [-0.1, -0.05) is 25.7 Å². The number of hydrogen-bond donors (Lipinski definition) is 3. The molecule has 1 amide bonds. The fraction of sp³-hybridized carbons (Fsp3) is 0.643. The zero-order valence-corrected chi connectivity index (χ0v) is 12.0. The molecule has 2 rings (SSSR count). The lowest BCUT2D eigenvalue weighted by Crippen LogP contribution is -2.54. The molecule has 20 heavy (non-hydrogen) atoms. The summed E-state index contributed by atoms with van der Waals surface area (Å²) in [5, 5.41) is 19.1. The number of nitrogens with zero attached hydrogens (tertiary/aromatic N) is 1. The van der Waals surface area contributed by atoms with Crippen LogP contribution < -0.4 is 5.32 Å². The second kappa shape index (κ2) is 5.64. The van der Waals surface area contributed by atoms with Crippen molar-refractivity contribution in [2.24, 2.45) is 0 Å². The van der Waals surface area contributed by atoms with Gasteiger partial charge in [0.2, 0.25) is 0 Å². The van der Waals surface area contributed by atoms with Crippen LogP contribution in [0.4, 0.5) is 0 Å². The van der Waals surface area contributed by atoms with E-state index in [9.17, 15) is 14.7 Å². The number of amides is 1. The second-order valence-corrected chi connectivity index (χ2v) is 5.56. The van der Waals surface area contributed by atoms with Crippen molar-refractivity contribution in [2.75, 3.05) is 0 Å². The largest absolute Gasteiger partial charge is 0.480 e. The van der Waals surface area contributed by atoms with Crippen LogP contribution in [0.25, 0.3) is 0 Å². The summed E-state index contributed by atoms with van der Waals surface area (Å²) in [5.74, 6) is -1.29. The Bertz CT molecular complexity index is 494. The van der Waals surface area contributed by atoms with Crippen LogP contribution in [-0.4, -0.2) is 32.7 Å². The van der Waals surface area contributed by atoms with Crippen LogP contribution in [0.1, 0.15) is 60.3 Å². The van der Waals surface area contributed by atoms with Crippen LogP contribution in [0, 0.1) is 13.8 Å². The third-order valence-corrected chi connectivity index (χ3v) is 4.07. The predicted molar refractivity (Wildman–Crippen MR) is 73.6 cm³/mol. The van der Waals surface area contributed by atoms with E-state index in [1.165, 1.54) is 0 Å². The van der Waals surface area contributed by atoms with Crippen molar-refractivity contribution < 1.29 is 14.7 Å². The van der Waals surface area contributed by atoms with Gasteiger partial charge < -0.3 is 10.4 Å². The molecule has 3 N–H and O–H groups in total. The quantitative estimate of drug-likeness (QED) is 0.737. The highest BCUT2D eigenvalue weighted by Crippen LogP contribution is 2.28. The molecule has 1 aliphatic carbocycles. The average molecular weight is 279 g/mol. The summed E-state index contributed by atoms with van der Waals surface area (Å²) in [6.07, 6.45) is 4.68. The number of aliphatic carboxylic acids is 1. The van der Waals surface area contributed by atoms with Gasteiger partial charge in [-0.2, -0.15) is 5.10 Å². The highest BCUT2D eigenvalue weighted by atomic mass is 16.4. The number of H-pyrrole nitrogens is 1. The minimum atomic E-state index is -1.14. The first-order valence-electron chi connectivity index (χ1n) is 7.04. The Morgan fingerprint density at radius 1 is 1.20 bits per heavy atom. The Morgan fingerprint density at radius 2 is 1.80 bits per heavy atom. The number of rotatable bonds is 3. The van der Waals surface area contributed by atoms with Gasteiger partial charge in [0, 0.05) is 5.69 Å². The molecule has 6 heteroatoms. The fourth-order valence-corrected chi connectivity index (χ4v) is 2.89. The number of hydrogen-bond acceptors (Lipinski definition) is 3. The van der Waals surface area contributed by atoms with Gasteiger partial charge in [0.15, 0.2) is 0 Å². The molecule has 0 saturated heterocycles. The first-order chi connectivity index (χ1) is 9.46. The molecule has 0 unspecified atom stereocenters.